The van der Waals surface area contributed by atoms with E-state index in [1.165, 1.54) is 24.7 Å². The van der Waals surface area contributed by atoms with Gasteiger partial charge in [-0.2, -0.15) is 0 Å². The summed E-state index contributed by atoms with van der Waals surface area (Å²) in [6, 6.07) is 6.18. The second kappa shape index (κ2) is 5.59. The third-order valence-corrected chi connectivity index (χ3v) is 3.85. The summed E-state index contributed by atoms with van der Waals surface area (Å²) in [7, 11) is 1.35. The fourth-order valence-corrected chi connectivity index (χ4v) is 2.30. The molecule has 1 aromatic heterocycles. The number of nitrogens with zero attached hydrogens (tertiary/aromatic N) is 3. The Bertz CT molecular complexity index is 724. The summed E-state index contributed by atoms with van der Waals surface area (Å²) < 4.78 is 23.7. The highest BCUT2D eigenvalue weighted by Gasteiger charge is 2.13. The van der Waals surface area contributed by atoms with Crippen LogP contribution < -0.4 is 0 Å². The summed E-state index contributed by atoms with van der Waals surface area (Å²) in [6.07, 6.45) is 3.31. The quantitative estimate of drug-likeness (QED) is 0.477. The zero-order valence-corrected chi connectivity index (χ0v) is 11.7. The average molecular weight is 316 g/mol. The van der Waals surface area contributed by atoms with Crippen LogP contribution in [-0.2, 0) is 22.0 Å². The normalized spacial score (nSPS) is 11.4. The number of nitro benzene ring substituents is 1. The topological polar surface area (TPSA) is 95.1 Å². The highest BCUT2D eigenvalue weighted by molar-refractivity contribution is 8.13. The maximum atomic E-state index is 11.0. The van der Waals surface area contributed by atoms with Crippen LogP contribution in [0.15, 0.2) is 41.8 Å². The Labute approximate surface area is 119 Å². The number of hydrogen-bond acceptors (Lipinski definition) is 5. The third-order valence-electron chi connectivity index (χ3n) is 2.67. The van der Waals surface area contributed by atoms with Crippen LogP contribution in [-0.4, -0.2) is 22.9 Å². The van der Waals surface area contributed by atoms with Crippen molar-refractivity contribution < 1.29 is 13.3 Å². The van der Waals surface area contributed by atoms with Gasteiger partial charge in [0, 0.05) is 35.6 Å². The number of rotatable bonds is 5. The number of hydrogen-bond donors (Lipinski definition) is 0. The Morgan fingerprint density at radius 1 is 1.30 bits per heavy atom. The molecule has 2 aromatic rings. The van der Waals surface area contributed by atoms with Crippen LogP contribution in [0.5, 0.6) is 0 Å². The van der Waals surface area contributed by atoms with E-state index in [9.17, 15) is 18.5 Å². The second-order valence-corrected chi connectivity index (χ2v) is 6.57. The first kappa shape index (κ1) is 14.5. The summed E-state index contributed by atoms with van der Waals surface area (Å²) in [5.41, 5.74) is 0.937. The summed E-state index contributed by atoms with van der Waals surface area (Å²) in [5.74, 6) is 0. The van der Waals surface area contributed by atoms with Gasteiger partial charge in [-0.05, 0) is 12.0 Å². The molecule has 0 bridgehead atoms. The number of halogens is 1. The zero-order chi connectivity index (χ0) is 14.8. The number of imidazole rings is 1. The van der Waals surface area contributed by atoms with Crippen molar-refractivity contribution in [3.63, 3.8) is 0 Å². The molecule has 1 heterocycles. The third kappa shape index (κ3) is 3.55. The molecule has 0 radical (unpaired) electrons. The fraction of sp³-hybridized carbons (Fsp3) is 0.182. The Balaban J connectivity index is 2.02. The highest BCUT2D eigenvalue weighted by Crippen LogP contribution is 2.14. The lowest BCUT2D eigenvalue weighted by molar-refractivity contribution is -0.384. The molecule has 0 aliphatic carbocycles. The van der Waals surface area contributed by atoms with Crippen molar-refractivity contribution in [2.75, 3.05) is 0 Å². The molecule has 1 aromatic carbocycles. The SMILES string of the molecule is O=[N+]([O-])c1ccc(CCn2cnc(S(=O)(=O)Cl)c2)cc1. The number of non-ortho nitro benzene ring substituents is 1. The van der Waals surface area contributed by atoms with Crippen molar-refractivity contribution in [1.82, 2.24) is 9.55 Å². The summed E-state index contributed by atoms with van der Waals surface area (Å²) in [6.45, 7) is 0.497. The van der Waals surface area contributed by atoms with Gasteiger partial charge in [0.15, 0.2) is 5.03 Å². The predicted molar refractivity (Wildman–Crippen MR) is 72.1 cm³/mol. The number of benzene rings is 1. The Morgan fingerprint density at radius 3 is 2.45 bits per heavy atom. The molecule has 106 valence electrons. The van der Waals surface area contributed by atoms with Crippen LogP contribution in [0.25, 0.3) is 0 Å². The van der Waals surface area contributed by atoms with Crippen LogP contribution in [0.4, 0.5) is 5.69 Å². The molecule has 9 heteroatoms. The number of aryl methyl sites for hydroxylation is 2. The van der Waals surface area contributed by atoms with Crippen LogP contribution in [0.1, 0.15) is 5.56 Å². The highest BCUT2D eigenvalue weighted by atomic mass is 35.7. The lowest BCUT2D eigenvalue weighted by Crippen LogP contribution is -1.99. The van der Waals surface area contributed by atoms with Crippen molar-refractivity contribution >= 4 is 25.4 Å². The van der Waals surface area contributed by atoms with Gasteiger partial charge in [0.05, 0.1) is 11.3 Å². The van der Waals surface area contributed by atoms with Gasteiger partial charge in [0.1, 0.15) is 0 Å². The van der Waals surface area contributed by atoms with Gasteiger partial charge in [-0.3, -0.25) is 10.1 Å². The Hall–Kier alpha value is -1.93. The van der Waals surface area contributed by atoms with Gasteiger partial charge in [-0.15, -0.1) is 0 Å². The molecule has 0 aliphatic rings. The smallest absolute Gasteiger partial charge is 0.280 e. The van der Waals surface area contributed by atoms with E-state index in [0.29, 0.717) is 13.0 Å². The van der Waals surface area contributed by atoms with E-state index >= 15 is 0 Å². The van der Waals surface area contributed by atoms with Crippen molar-refractivity contribution in [1.29, 1.82) is 0 Å². The maximum Gasteiger partial charge on any atom is 0.280 e. The minimum atomic E-state index is -3.81. The maximum absolute atomic E-state index is 11.0. The van der Waals surface area contributed by atoms with E-state index in [1.807, 2.05) is 0 Å². The van der Waals surface area contributed by atoms with Crippen LogP contribution in [0.2, 0.25) is 0 Å². The first-order valence-electron chi connectivity index (χ1n) is 5.56. The van der Waals surface area contributed by atoms with Crippen molar-refractivity contribution in [2.24, 2.45) is 0 Å². The monoisotopic (exact) mass is 315 g/mol. The number of aromatic nitrogens is 2. The van der Waals surface area contributed by atoms with Gasteiger partial charge in [-0.25, -0.2) is 13.4 Å². The van der Waals surface area contributed by atoms with E-state index in [4.69, 9.17) is 10.7 Å². The van der Waals surface area contributed by atoms with Crippen LogP contribution in [0.3, 0.4) is 0 Å². The molecule has 0 aliphatic heterocycles. The van der Waals surface area contributed by atoms with Gasteiger partial charge >= 0.3 is 0 Å². The van der Waals surface area contributed by atoms with E-state index in [-0.39, 0.29) is 10.7 Å². The Kier molecular flexibility index (Phi) is 4.05. The van der Waals surface area contributed by atoms with E-state index in [0.717, 1.165) is 5.56 Å². The van der Waals surface area contributed by atoms with Crippen LogP contribution >= 0.6 is 10.7 Å². The van der Waals surface area contributed by atoms with Crippen molar-refractivity contribution in [3.05, 3.63) is 52.5 Å². The first-order valence-corrected chi connectivity index (χ1v) is 7.87. The summed E-state index contributed by atoms with van der Waals surface area (Å²) in [5, 5.41) is 10.3. The molecule has 0 saturated heterocycles. The first-order chi connectivity index (χ1) is 9.36. The molecule has 0 N–H and O–H groups in total. The molecule has 7 nitrogen and oxygen atoms in total. The minimum absolute atomic E-state index is 0.0342. The molecule has 20 heavy (non-hydrogen) atoms. The van der Waals surface area contributed by atoms with Gasteiger partial charge in [-0.1, -0.05) is 12.1 Å². The summed E-state index contributed by atoms with van der Waals surface area (Å²) in [4.78, 5) is 13.7. The van der Waals surface area contributed by atoms with Gasteiger partial charge in [0.25, 0.3) is 14.7 Å². The number of nitro groups is 1. The molecule has 2 rings (SSSR count). The van der Waals surface area contributed by atoms with Gasteiger partial charge in [0.2, 0.25) is 0 Å². The van der Waals surface area contributed by atoms with Gasteiger partial charge < -0.3 is 4.57 Å². The Morgan fingerprint density at radius 2 is 1.95 bits per heavy atom. The standard InChI is InChI=1S/C11H10ClN3O4S/c12-20(18,19)11-7-14(8-13-11)6-5-9-1-3-10(4-2-9)15(16)17/h1-4,7-8H,5-6H2. The molecule has 0 unspecified atom stereocenters. The lowest BCUT2D eigenvalue weighted by Gasteiger charge is -2.02. The minimum Gasteiger partial charge on any atom is -0.336 e. The molecule has 0 spiro atoms. The second-order valence-electron chi connectivity index (χ2n) is 4.06. The molecule has 0 amide bonds. The van der Waals surface area contributed by atoms with Crippen molar-refractivity contribution in [2.45, 2.75) is 18.0 Å². The average Bonchev–Trinajstić information content (AvgIpc) is 2.85. The molecular weight excluding hydrogens is 306 g/mol. The molecule has 0 saturated carbocycles. The predicted octanol–water partition coefficient (Wildman–Crippen LogP) is 1.96. The van der Waals surface area contributed by atoms with E-state index < -0.39 is 14.0 Å². The fourth-order valence-electron chi connectivity index (χ4n) is 1.63. The van der Waals surface area contributed by atoms with Crippen molar-refractivity contribution in [3.8, 4) is 0 Å². The van der Waals surface area contributed by atoms with Crippen LogP contribution in [0, 0.1) is 10.1 Å². The van der Waals surface area contributed by atoms with E-state index in [1.54, 1.807) is 16.7 Å². The largest absolute Gasteiger partial charge is 0.336 e. The zero-order valence-electron chi connectivity index (χ0n) is 10.1. The van der Waals surface area contributed by atoms with E-state index in [2.05, 4.69) is 4.98 Å². The summed E-state index contributed by atoms with van der Waals surface area (Å²) >= 11 is 0. The molecular formula is C11H10ClN3O4S. The molecule has 0 atom stereocenters. The molecule has 0 fully saturated rings. The lowest BCUT2D eigenvalue weighted by atomic mass is 10.1.